The number of hydrogen-bond acceptors (Lipinski definition) is 4. The lowest BCUT2D eigenvalue weighted by Gasteiger charge is -2.24. The predicted molar refractivity (Wildman–Crippen MR) is 88.6 cm³/mol. The van der Waals surface area contributed by atoms with Crippen LogP contribution in [0, 0.1) is 0 Å². The first-order valence-electron chi connectivity index (χ1n) is 7.32. The standard InChI is InChI=1S/C16H21ClN4/c1-4-15-13(12-8-7-9-18-11-12)10-14(17)16(20-15)21(6-3)19-5-2/h7-11,19H,4-6H2,1-3H3. The Bertz CT molecular complexity index is 586. The lowest BCUT2D eigenvalue weighted by molar-refractivity contribution is 0.653. The molecule has 0 saturated carbocycles. The zero-order chi connectivity index (χ0) is 15.2. The van der Waals surface area contributed by atoms with E-state index in [9.17, 15) is 0 Å². The fourth-order valence-electron chi connectivity index (χ4n) is 2.27. The molecule has 112 valence electrons. The number of rotatable bonds is 6. The summed E-state index contributed by atoms with van der Waals surface area (Å²) in [5, 5.41) is 2.63. The Labute approximate surface area is 131 Å². The third-order valence-corrected chi connectivity index (χ3v) is 3.54. The maximum absolute atomic E-state index is 6.45. The van der Waals surface area contributed by atoms with Crippen LogP contribution in [0.5, 0.6) is 0 Å². The second kappa shape index (κ2) is 7.38. The molecule has 0 radical (unpaired) electrons. The van der Waals surface area contributed by atoms with Gasteiger partial charge in [0.15, 0.2) is 5.82 Å². The molecule has 0 spiro atoms. The highest BCUT2D eigenvalue weighted by molar-refractivity contribution is 6.33. The molecule has 4 nitrogen and oxygen atoms in total. The van der Waals surface area contributed by atoms with Gasteiger partial charge in [0.1, 0.15) is 0 Å². The molecule has 2 heterocycles. The number of aryl methyl sites for hydroxylation is 1. The summed E-state index contributed by atoms with van der Waals surface area (Å²) in [6, 6.07) is 5.94. The molecule has 0 atom stereocenters. The van der Waals surface area contributed by atoms with Crippen LogP contribution in [0.1, 0.15) is 26.5 Å². The fourth-order valence-corrected chi connectivity index (χ4v) is 2.53. The molecule has 0 unspecified atom stereocenters. The quantitative estimate of drug-likeness (QED) is 0.826. The minimum absolute atomic E-state index is 0.647. The molecule has 0 aliphatic carbocycles. The Hall–Kier alpha value is -1.65. The topological polar surface area (TPSA) is 41.0 Å². The van der Waals surface area contributed by atoms with Gasteiger partial charge in [-0.1, -0.05) is 31.5 Å². The van der Waals surface area contributed by atoms with E-state index in [-0.39, 0.29) is 0 Å². The molecule has 0 fully saturated rings. The number of anilines is 1. The van der Waals surface area contributed by atoms with Crippen molar-refractivity contribution in [3.8, 4) is 11.1 Å². The molecule has 0 aliphatic rings. The second-order valence-corrected chi connectivity index (χ2v) is 5.05. The zero-order valence-corrected chi connectivity index (χ0v) is 13.5. The van der Waals surface area contributed by atoms with Gasteiger partial charge in [0.2, 0.25) is 0 Å². The number of nitrogens with zero attached hydrogens (tertiary/aromatic N) is 3. The van der Waals surface area contributed by atoms with Crippen molar-refractivity contribution in [2.24, 2.45) is 0 Å². The molecule has 0 aliphatic heterocycles. The third-order valence-electron chi connectivity index (χ3n) is 3.26. The number of hydrazine groups is 1. The van der Waals surface area contributed by atoms with E-state index in [0.29, 0.717) is 5.02 Å². The number of hydrogen-bond donors (Lipinski definition) is 1. The minimum Gasteiger partial charge on any atom is -0.291 e. The summed E-state index contributed by atoms with van der Waals surface area (Å²) in [6.45, 7) is 7.86. The summed E-state index contributed by atoms with van der Waals surface area (Å²) in [4.78, 5) is 8.94. The van der Waals surface area contributed by atoms with Crippen molar-refractivity contribution in [1.82, 2.24) is 15.4 Å². The highest BCUT2D eigenvalue weighted by Crippen LogP contribution is 2.31. The van der Waals surface area contributed by atoms with Gasteiger partial charge in [-0.3, -0.25) is 9.99 Å². The summed E-state index contributed by atoms with van der Waals surface area (Å²) in [7, 11) is 0. The van der Waals surface area contributed by atoms with Gasteiger partial charge >= 0.3 is 0 Å². The van der Waals surface area contributed by atoms with Crippen molar-refractivity contribution in [1.29, 1.82) is 0 Å². The van der Waals surface area contributed by atoms with Crippen molar-refractivity contribution in [2.45, 2.75) is 27.2 Å². The number of aromatic nitrogens is 2. The maximum Gasteiger partial charge on any atom is 0.161 e. The van der Waals surface area contributed by atoms with Crippen molar-refractivity contribution in [3.63, 3.8) is 0 Å². The third kappa shape index (κ3) is 3.52. The van der Waals surface area contributed by atoms with Crippen LogP contribution in [0.3, 0.4) is 0 Å². The fraction of sp³-hybridized carbons (Fsp3) is 0.375. The number of pyridine rings is 2. The second-order valence-electron chi connectivity index (χ2n) is 4.64. The van der Waals surface area contributed by atoms with Gasteiger partial charge in [0.05, 0.1) is 10.7 Å². The van der Waals surface area contributed by atoms with Crippen molar-refractivity contribution >= 4 is 17.4 Å². The van der Waals surface area contributed by atoms with E-state index >= 15 is 0 Å². The molecule has 5 heteroatoms. The lowest BCUT2D eigenvalue weighted by atomic mass is 10.0. The molecule has 2 aromatic heterocycles. The Morgan fingerprint density at radius 1 is 1.29 bits per heavy atom. The van der Waals surface area contributed by atoms with E-state index < -0.39 is 0 Å². The van der Waals surface area contributed by atoms with Gasteiger partial charge in [-0.25, -0.2) is 10.4 Å². The van der Waals surface area contributed by atoms with E-state index in [1.807, 2.05) is 29.4 Å². The SMILES string of the molecule is CCNN(CC)c1nc(CC)c(-c2cccnc2)cc1Cl. The average Bonchev–Trinajstić information content (AvgIpc) is 2.53. The first-order chi connectivity index (χ1) is 10.2. The number of nitrogens with one attached hydrogen (secondary N) is 1. The van der Waals surface area contributed by atoms with Crippen LogP contribution in [0.2, 0.25) is 5.02 Å². The van der Waals surface area contributed by atoms with Gasteiger partial charge in [0, 0.05) is 36.6 Å². The van der Waals surface area contributed by atoms with Gasteiger partial charge in [0.25, 0.3) is 0 Å². The zero-order valence-electron chi connectivity index (χ0n) is 12.7. The first kappa shape index (κ1) is 15.7. The largest absolute Gasteiger partial charge is 0.291 e. The Balaban J connectivity index is 2.49. The van der Waals surface area contributed by atoms with Crippen LogP contribution in [0.4, 0.5) is 5.82 Å². The Kier molecular flexibility index (Phi) is 5.53. The van der Waals surface area contributed by atoms with Crippen LogP contribution in [-0.4, -0.2) is 23.1 Å². The molecule has 21 heavy (non-hydrogen) atoms. The molecule has 0 saturated heterocycles. The van der Waals surface area contributed by atoms with E-state index in [1.165, 1.54) is 0 Å². The highest BCUT2D eigenvalue weighted by atomic mass is 35.5. The summed E-state index contributed by atoms with van der Waals surface area (Å²) in [5.41, 5.74) is 6.39. The Morgan fingerprint density at radius 2 is 2.10 bits per heavy atom. The smallest absolute Gasteiger partial charge is 0.161 e. The summed E-state index contributed by atoms with van der Waals surface area (Å²) in [6.07, 6.45) is 4.45. The molecular weight excluding hydrogens is 284 g/mol. The van der Waals surface area contributed by atoms with Gasteiger partial charge in [-0.2, -0.15) is 0 Å². The molecule has 2 aromatic rings. The van der Waals surface area contributed by atoms with E-state index in [2.05, 4.69) is 31.2 Å². The van der Waals surface area contributed by atoms with Gasteiger partial charge < -0.3 is 0 Å². The number of halogens is 1. The molecule has 2 rings (SSSR count). The highest BCUT2D eigenvalue weighted by Gasteiger charge is 2.15. The van der Waals surface area contributed by atoms with Crippen LogP contribution in [0.15, 0.2) is 30.6 Å². The lowest BCUT2D eigenvalue weighted by Crippen LogP contribution is -2.38. The van der Waals surface area contributed by atoms with Crippen molar-refractivity contribution in [2.75, 3.05) is 18.1 Å². The summed E-state index contributed by atoms with van der Waals surface area (Å²) >= 11 is 6.45. The van der Waals surface area contributed by atoms with Crippen LogP contribution >= 0.6 is 11.6 Å². The summed E-state index contributed by atoms with van der Waals surface area (Å²) in [5.74, 6) is 0.783. The molecule has 0 bridgehead atoms. The summed E-state index contributed by atoms with van der Waals surface area (Å²) < 4.78 is 0. The van der Waals surface area contributed by atoms with Crippen LogP contribution in [-0.2, 0) is 6.42 Å². The normalized spacial score (nSPS) is 10.7. The van der Waals surface area contributed by atoms with E-state index in [1.54, 1.807) is 6.20 Å². The molecule has 0 aromatic carbocycles. The van der Waals surface area contributed by atoms with Crippen LogP contribution in [0.25, 0.3) is 11.1 Å². The monoisotopic (exact) mass is 304 g/mol. The average molecular weight is 305 g/mol. The van der Waals surface area contributed by atoms with Crippen molar-refractivity contribution < 1.29 is 0 Å². The van der Waals surface area contributed by atoms with Crippen molar-refractivity contribution in [3.05, 3.63) is 41.3 Å². The predicted octanol–water partition coefficient (Wildman–Crippen LogP) is 3.71. The van der Waals surface area contributed by atoms with E-state index in [0.717, 1.165) is 42.1 Å². The molecule has 0 amide bonds. The molecular formula is C16H21ClN4. The maximum atomic E-state index is 6.45. The van der Waals surface area contributed by atoms with Crippen LogP contribution < -0.4 is 10.4 Å². The van der Waals surface area contributed by atoms with E-state index in [4.69, 9.17) is 16.6 Å². The Morgan fingerprint density at radius 3 is 2.67 bits per heavy atom. The first-order valence-corrected chi connectivity index (χ1v) is 7.69. The van der Waals surface area contributed by atoms with Gasteiger partial charge in [-0.15, -0.1) is 0 Å². The van der Waals surface area contributed by atoms with Gasteiger partial charge in [-0.05, 0) is 25.5 Å². The minimum atomic E-state index is 0.647. The molecule has 1 N–H and O–H groups in total.